The molecule has 0 unspecified atom stereocenters. The molecule has 14 heavy (non-hydrogen) atoms. The van der Waals surface area contributed by atoms with Gasteiger partial charge in [-0.25, -0.2) is 0 Å². The molecule has 0 aromatic heterocycles. The molecule has 0 aliphatic heterocycles. The number of halogens is 4. The lowest BCUT2D eigenvalue weighted by atomic mass is 10.3. The molecule has 1 rings (SSSR count). The van der Waals surface area contributed by atoms with Crippen LogP contribution in [0.1, 0.15) is 0 Å². The van der Waals surface area contributed by atoms with Gasteiger partial charge in [0.1, 0.15) is 5.75 Å². The fourth-order valence-corrected chi connectivity index (χ4v) is 0.669. The first kappa shape index (κ1) is 13.2. The molecule has 0 aliphatic rings. The van der Waals surface area contributed by atoms with Gasteiger partial charge in [0.05, 0.1) is 0 Å². The first-order chi connectivity index (χ1) is 6.47. The Morgan fingerprint density at radius 3 is 1.93 bits per heavy atom. The number of nitrogen functional groups attached to an aromatic ring is 1. The molecule has 2 nitrogen and oxygen atoms in total. The molecule has 0 heterocycles. The van der Waals surface area contributed by atoms with Crippen molar-refractivity contribution >= 4 is 28.2 Å². The Morgan fingerprint density at radius 1 is 1.14 bits per heavy atom. The Labute approximate surface area is 88.7 Å². The van der Waals surface area contributed by atoms with E-state index in [9.17, 15) is 13.2 Å². The van der Waals surface area contributed by atoms with Crippen LogP contribution in [0.15, 0.2) is 24.3 Å². The van der Waals surface area contributed by atoms with Crippen molar-refractivity contribution in [2.45, 2.75) is 6.36 Å². The van der Waals surface area contributed by atoms with Gasteiger partial charge in [-0.15, -0.1) is 13.2 Å². The standard InChI is InChI=1S/C7H6F3NO.ClHS/c8-7(9,10)12-6-3-1-5(11)2-4-6;1-2/h1-4H,11H2;2H. The minimum absolute atomic E-state index is 0.267. The summed E-state index contributed by atoms with van der Waals surface area (Å²) >= 11 is 3.00. The van der Waals surface area contributed by atoms with E-state index in [1.807, 2.05) is 0 Å². The minimum Gasteiger partial charge on any atom is -0.406 e. The van der Waals surface area contributed by atoms with Crippen LogP contribution in [0.4, 0.5) is 18.9 Å². The van der Waals surface area contributed by atoms with Crippen molar-refractivity contribution in [2.75, 3.05) is 5.73 Å². The maximum atomic E-state index is 11.6. The molecule has 0 spiro atoms. The largest absolute Gasteiger partial charge is 0.573 e. The van der Waals surface area contributed by atoms with Crippen LogP contribution in [0.3, 0.4) is 0 Å². The first-order valence-corrected chi connectivity index (χ1v) is 4.61. The molecule has 2 N–H and O–H groups in total. The zero-order valence-electron chi connectivity index (χ0n) is 6.75. The number of rotatable bonds is 1. The van der Waals surface area contributed by atoms with Crippen LogP contribution in [-0.4, -0.2) is 6.36 Å². The lowest BCUT2D eigenvalue weighted by Crippen LogP contribution is -2.16. The van der Waals surface area contributed by atoms with Crippen LogP contribution in [0.25, 0.3) is 0 Å². The molecule has 0 amide bonds. The lowest BCUT2D eigenvalue weighted by Gasteiger charge is -2.07. The summed E-state index contributed by atoms with van der Waals surface area (Å²) in [7, 11) is 4.33. The third-order valence-corrected chi connectivity index (χ3v) is 1.11. The van der Waals surface area contributed by atoms with Gasteiger partial charge >= 0.3 is 6.36 Å². The molecule has 0 fully saturated rings. The number of benzene rings is 1. The van der Waals surface area contributed by atoms with Crippen LogP contribution in [-0.2, 0) is 0 Å². The van der Waals surface area contributed by atoms with Gasteiger partial charge in [0.2, 0.25) is 0 Å². The van der Waals surface area contributed by atoms with Gasteiger partial charge in [-0.1, -0.05) is 11.8 Å². The van der Waals surface area contributed by atoms with Gasteiger partial charge < -0.3 is 10.5 Å². The summed E-state index contributed by atoms with van der Waals surface area (Å²) in [5, 5.41) is 0. The Bertz CT molecular complexity index is 265. The molecule has 80 valence electrons. The highest BCUT2D eigenvalue weighted by atomic mass is 35.7. The summed E-state index contributed by atoms with van der Waals surface area (Å²) in [4.78, 5) is 0. The average molecular weight is 246 g/mol. The van der Waals surface area contributed by atoms with Crippen molar-refractivity contribution in [2.24, 2.45) is 0 Å². The average Bonchev–Trinajstić information content (AvgIpc) is 2.10. The molecule has 1 aromatic rings. The van der Waals surface area contributed by atoms with E-state index in [1.165, 1.54) is 12.1 Å². The molecule has 0 aliphatic carbocycles. The van der Waals surface area contributed by atoms with E-state index < -0.39 is 6.36 Å². The predicted molar refractivity (Wildman–Crippen MR) is 52.4 cm³/mol. The van der Waals surface area contributed by atoms with Gasteiger partial charge in [0.25, 0.3) is 0 Å². The van der Waals surface area contributed by atoms with Crippen LogP contribution in [0, 0.1) is 0 Å². The zero-order valence-corrected chi connectivity index (χ0v) is 8.40. The van der Waals surface area contributed by atoms with Crippen molar-refractivity contribution < 1.29 is 17.9 Å². The smallest absolute Gasteiger partial charge is 0.406 e. The molecule has 1 aromatic carbocycles. The number of nitrogens with two attached hydrogens (primary N) is 1. The van der Waals surface area contributed by atoms with Gasteiger partial charge in [-0.2, -0.15) is 0 Å². The quantitative estimate of drug-likeness (QED) is 0.589. The predicted octanol–water partition coefficient (Wildman–Crippen LogP) is 3.24. The molecular formula is C7H7ClF3NOS. The second-order valence-corrected chi connectivity index (χ2v) is 2.12. The van der Waals surface area contributed by atoms with Gasteiger partial charge in [0, 0.05) is 5.69 Å². The highest BCUT2D eigenvalue weighted by Gasteiger charge is 2.30. The lowest BCUT2D eigenvalue weighted by molar-refractivity contribution is -0.274. The van der Waals surface area contributed by atoms with Crippen LogP contribution in [0.2, 0.25) is 0 Å². The zero-order chi connectivity index (χ0) is 11.2. The number of hydrogen-bond donors (Lipinski definition) is 2. The van der Waals surface area contributed by atoms with Crippen molar-refractivity contribution in [3.63, 3.8) is 0 Å². The van der Waals surface area contributed by atoms with Crippen molar-refractivity contribution in [3.05, 3.63) is 24.3 Å². The molecule has 0 bridgehead atoms. The van der Waals surface area contributed by atoms with Crippen LogP contribution in [0.5, 0.6) is 5.75 Å². The number of alkyl halides is 3. The Balaban J connectivity index is 0.000000791. The van der Waals surface area contributed by atoms with E-state index in [2.05, 4.69) is 27.3 Å². The summed E-state index contributed by atoms with van der Waals surface area (Å²) in [6.45, 7) is 0. The Morgan fingerprint density at radius 2 is 1.57 bits per heavy atom. The van der Waals surface area contributed by atoms with Gasteiger partial charge in [-0.3, -0.25) is 0 Å². The minimum atomic E-state index is -4.64. The van der Waals surface area contributed by atoms with Crippen molar-refractivity contribution in [1.82, 2.24) is 0 Å². The highest BCUT2D eigenvalue weighted by Crippen LogP contribution is 2.22. The Hall–Kier alpha value is -0.750. The number of ether oxygens (including phenoxy) is 1. The third-order valence-electron chi connectivity index (χ3n) is 1.11. The van der Waals surface area contributed by atoms with E-state index in [0.717, 1.165) is 12.1 Å². The maximum Gasteiger partial charge on any atom is 0.573 e. The number of thiol groups is 1. The number of hydrogen-bond acceptors (Lipinski definition) is 3. The van der Waals surface area contributed by atoms with Crippen molar-refractivity contribution in [1.29, 1.82) is 0 Å². The summed E-state index contributed by atoms with van der Waals surface area (Å²) in [5.74, 6) is -0.267. The third kappa shape index (κ3) is 5.82. The van der Waals surface area contributed by atoms with E-state index in [0.29, 0.717) is 5.69 Å². The second kappa shape index (κ2) is 5.87. The molecule has 0 saturated carbocycles. The summed E-state index contributed by atoms with van der Waals surface area (Å²) < 4.78 is 38.4. The van der Waals surface area contributed by atoms with Crippen LogP contribution < -0.4 is 10.5 Å². The topological polar surface area (TPSA) is 35.2 Å². The van der Waals surface area contributed by atoms with Gasteiger partial charge in [-0.05, 0) is 34.9 Å². The fraction of sp³-hybridized carbons (Fsp3) is 0.143. The molecule has 0 radical (unpaired) electrons. The molecule has 0 atom stereocenters. The van der Waals surface area contributed by atoms with Crippen LogP contribution >= 0.6 is 22.5 Å². The van der Waals surface area contributed by atoms with E-state index >= 15 is 0 Å². The normalized spacial score (nSPS) is 10.1. The molecule has 7 heteroatoms. The number of anilines is 1. The maximum absolute atomic E-state index is 11.6. The van der Waals surface area contributed by atoms with Crippen molar-refractivity contribution in [3.8, 4) is 5.75 Å². The second-order valence-electron chi connectivity index (χ2n) is 2.12. The van der Waals surface area contributed by atoms with E-state index in [4.69, 9.17) is 5.73 Å². The fourth-order valence-electron chi connectivity index (χ4n) is 0.669. The molecular weight excluding hydrogens is 239 g/mol. The summed E-state index contributed by atoms with van der Waals surface area (Å²) in [6.07, 6.45) is -4.64. The SMILES string of the molecule is Nc1ccc(OC(F)(F)F)cc1.SCl. The van der Waals surface area contributed by atoms with Gasteiger partial charge in [0.15, 0.2) is 0 Å². The summed E-state index contributed by atoms with van der Waals surface area (Å²) in [5.41, 5.74) is 5.65. The van der Waals surface area contributed by atoms with E-state index in [1.54, 1.807) is 0 Å². The first-order valence-electron chi connectivity index (χ1n) is 3.25. The Kier molecular flexibility index (Phi) is 5.56. The molecule has 0 saturated heterocycles. The monoisotopic (exact) mass is 245 g/mol. The van der Waals surface area contributed by atoms with E-state index in [-0.39, 0.29) is 5.75 Å². The summed E-state index contributed by atoms with van der Waals surface area (Å²) in [6, 6.07) is 4.98. The highest BCUT2D eigenvalue weighted by molar-refractivity contribution is 8.05.